The first-order valence-electron chi connectivity index (χ1n) is 5.93. The monoisotopic (exact) mass is 243 g/mol. The van der Waals surface area contributed by atoms with Gasteiger partial charge >= 0.3 is 0 Å². The second-order valence-electron chi connectivity index (χ2n) is 3.97. The molecule has 0 amide bonds. The van der Waals surface area contributed by atoms with Crippen LogP contribution in [0, 0.1) is 5.82 Å². The van der Waals surface area contributed by atoms with Crippen LogP contribution in [-0.2, 0) is 0 Å². The van der Waals surface area contributed by atoms with Crippen molar-refractivity contribution < 1.29 is 4.39 Å². The Balaban J connectivity index is 2.23. The van der Waals surface area contributed by atoms with Gasteiger partial charge in [0.25, 0.3) is 0 Å². The highest BCUT2D eigenvalue weighted by Gasteiger charge is 2.00. The third kappa shape index (κ3) is 4.84. The van der Waals surface area contributed by atoms with Gasteiger partial charge in [0.2, 0.25) is 0 Å². The van der Waals surface area contributed by atoms with Gasteiger partial charge in [-0.1, -0.05) is 44.2 Å². The van der Waals surface area contributed by atoms with Crippen molar-refractivity contribution in [2.75, 3.05) is 11.9 Å². The summed E-state index contributed by atoms with van der Waals surface area (Å²) in [6, 6.07) is 4.39. The molecule has 90 valence electrons. The van der Waals surface area contributed by atoms with Gasteiger partial charge in [-0.3, -0.25) is 0 Å². The van der Waals surface area contributed by atoms with Crippen molar-refractivity contribution in [3.05, 3.63) is 29.0 Å². The molecule has 1 nitrogen and oxygen atoms in total. The minimum Gasteiger partial charge on any atom is -0.384 e. The molecular weight excluding hydrogens is 225 g/mol. The average Bonchev–Trinajstić information content (AvgIpc) is 2.28. The first-order valence-corrected chi connectivity index (χ1v) is 6.30. The van der Waals surface area contributed by atoms with Gasteiger partial charge in [-0.05, 0) is 24.6 Å². The van der Waals surface area contributed by atoms with Gasteiger partial charge < -0.3 is 5.32 Å². The van der Waals surface area contributed by atoms with Gasteiger partial charge in [-0.2, -0.15) is 0 Å². The van der Waals surface area contributed by atoms with Gasteiger partial charge in [0.1, 0.15) is 5.82 Å². The summed E-state index contributed by atoms with van der Waals surface area (Å²) in [6.45, 7) is 3.05. The lowest BCUT2D eigenvalue weighted by Crippen LogP contribution is -2.02. The molecule has 0 aromatic heterocycles. The van der Waals surface area contributed by atoms with Crippen LogP contribution in [-0.4, -0.2) is 6.54 Å². The van der Waals surface area contributed by atoms with E-state index in [9.17, 15) is 4.39 Å². The molecule has 0 aliphatic rings. The zero-order chi connectivity index (χ0) is 11.8. The Labute approximate surface area is 102 Å². The second kappa shape index (κ2) is 7.50. The van der Waals surface area contributed by atoms with Gasteiger partial charge in [-0.15, -0.1) is 0 Å². The molecule has 0 bridgehead atoms. The fourth-order valence-corrected chi connectivity index (χ4v) is 1.77. The van der Waals surface area contributed by atoms with Crippen molar-refractivity contribution in [1.29, 1.82) is 0 Å². The molecule has 16 heavy (non-hydrogen) atoms. The maximum atomic E-state index is 12.9. The Morgan fingerprint density at radius 2 is 1.94 bits per heavy atom. The van der Waals surface area contributed by atoms with Crippen LogP contribution >= 0.6 is 11.6 Å². The van der Waals surface area contributed by atoms with Crippen LogP contribution in [0.2, 0.25) is 5.02 Å². The number of halogens is 2. The van der Waals surface area contributed by atoms with E-state index in [1.807, 2.05) is 0 Å². The van der Waals surface area contributed by atoms with Crippen molar-refractivity contribution in [3.8, 4) is 0 Å². The highest BCUT2D eigenvalue weighted by Crippen LogP contribution is 2.22. The van der Waals surface area contributed by atoms with Gasteiger partial charge in [0.05, 0.1) is 10.7 Å². The Morgan fingerprint density at radius 3 is 2.69 bits per heavy atom. The van der Waals surface area contributed by atoms with E-state index in [0.717, 1.165) is 13.0 Å². The molecule has 0 aliphatic heterocycles. The van der Waals surface area contributed by atoms with Crippen LogP contribution in [0.25, 0.3) is 0 Å². The molecule has 0 aliphatic carbocycles. The maximum Gasteiger partial charge on any atom is 0.125 e. The molecule has 0 heterocycles. The summed E-state index contributed by atoms with van der Waals surface area (Å²) in [4.78, 5) is 0. The van der Waals surface area contributed by atoms with E-state index in [4.69, 9.17) is 11.6 Å². The summed E-state index contributed by atoms with van der Waals surface area (Å²) in [6.07, 6.45) is 6.14. The van der Waals surface area contributed by atoms with E-state index in [0.29, 0.717) is 10.7 Å². The minimum absolute atomic E-state index is 0.252. The molecule has 0 saturated heterocycles. The Morgan fingerprint density at radius 1 is 1.19 bits per heavy atom. The maximum absolute atomic E-state index is 12.9. The topological polar surface area (TPSA) is 12.0 Å². The summed E-state index contributed by atoms with van der Waals surface area (Å²) >= 11 is 5.93. The third-order valence-electron chi connectivity index (χ3n) is 2.52. The average molecular weight is 244 g/mol. The van der Waals surface area contributed by atoms with Crippen LogP contribution < -0.4 is 5.32 Å². The van der Waals surface area contributed by atoms with E-state index in [1.54, 1.807) is 6.07 Å². The van der Waals surface area contributed by atoms with Crippen molar-refractivity contribution >= 4 is 17.3 Å². The molecule has 0 radical (unpaired) electrons. The molecule has 1 rings (SSSR count). The van der Waals surface area contributed by atoms with Gasteiger partial charge in [0.15, 0.2) is 0 Å². The number of unbranched alkanes of at least 4 members (excludes halogenated alkanes) is 4. The second-order valence-corrected chi connectivity index (χ2v) is 4.37. The summed E-state index contributed by atoms with van der Waals surface area (Å²) in [5.74, 6) is -0.252. The van der Waals surface area contributed by atoms with Gasteiger partial charge in [-0.25, -0.2) is 4.39 Å². The predicted octanol–water partition coefficient (Wildman–Crippen LogP) is 4.86. The van der Waals surface area contributed by atoms with Crippen molar-refractivity contribution in [1.82, 2.24) is 0 Å². The SMILES string of the molecule is CCCCCCCNc1cc(F)ccc1Cl. The summed E-state index contributed by atoms with van der Waals surface area (Å²) in [5, 5.41) is 3.74. The zero-order valence-electron chi connectivity index (χ0n) is 9.73. The summed E-state index contributed by atoms with van der Waals surface area (Å²) < 4.78 is 12.9. The van der Waals surface area contributed by atoms with Crippen molar-refractivity contribution in [2.45, 2.75) is 39.0 Å². The first-order chi connectivity index (χ1) is 7.74. The predicted molar refractivity (Wildman–Crippen MR) is 68.7 cm³/mol. The molecule has 0 spiro atoms. The smallest absolute Gasteiger partial charge is 0.125 e. The van der Waals surface area contributed by atoms with E-state index in [-0.39, 0.29) is 5.82 Å². The molecule has 0 fully saturated rings. The normalized spacial score (nSPS) is 10.4. The highest BCUT2D eigenvalue weighted by atomic mass is 35.5. The zero-order valence-corrected chi connectivity index (χ0v) is 10.5. The summed E-state index contributed by atoms with van der Waals surface area (Å²) in [5.41, 5.74) is 0.692. The lowest BCUT2D eigenvalue weighted by molar-refractivity contribution is 0.627. The van der Waals surface area contributed by atoms with Crippen molar-refractivity contribution in [2.24, 2.45) is 0 Å². The van der Waals surface area contributed by atoms with Crippen LogP contribution in [0.15, 0.2) is 18.2 Å². The van der Waals surface area contributed by atoms with E-state index >= 15 is 0 Å². The van der Waals surface area contributed by atoms with E-state index in [1.165, 1.54) is 37.8 Å². The number of anilines is 1. The standard InChI is InChI=1S/C13H19ClFN/c1-2-3-4-5-6-9-16-13-10-11(15)7-8-12(13)14/h7-8,10,16H,2-6,9H2,1H3. The number of nitrogens with one attached hydrogen (secondary N) is 1. The number of benzene rings is 1. The fraction of sp³-hybridized carbons (Fsp3) is 0.538. The van der Waals surface area contributed by atoms with Crippen LogP contribution in [0.4, 0.5) is 10.1 Å². The van der Waals surface area contributed by atoms with Gasteiger partial charge in [0, 0.05) is 6.54 Å². The number of hydrogen-bond acceptors (Lipinski definition) is 1. The van der Waals surface area contributed by atoms with Crippen LogP contribution in [0.5, 0.6) is 0 Å². The van der Waals surface area contributed by atoms with E-state index in [2.05, 4.69) is 12.2 Å². The van der Waals surface area contributed by atoms with Crippen LogP contribution in [0.3, 0.4) is 0 Å². The molecule has 0 atom stereocenters. The lowest BCUT2D eigenvalue weighted by Gasteiger charge is -2.08. The fourth-order valence-electron chi connectivity index (χ4n) is 1.58. The number of hydrogen-bond donors (Lipinski definition) is 1. The Bertz CT molecular complexity index is 315. The molecule has 1 aromatic rings. The molecule has 3 heteroatoms. The Hall–Kier alpha value is -0.760. The largest absolute Gasteiger partial charge is 0.384 e. The molecule has 0 unspecified atom stereocenters. The molecule has 1 N–H and O–H groups in total. The first kappa shape index (κ1) is 13.3. The number of rotatable bonds is 7. The Kier molecular flexibility index (Phi) is 6.24. The highest BCUT2D eigenvalue weighted by molar-refractivity contribution is 6.33. The third-order valence-corrected chi connectivity index (χ3v) is 2.85. The minimum atomic E-state index is -0.252. The lowest BCUT2D eigenvalue weighted by atomic mass is 10.1. The molecule has 0 saturated carbocycles. The molecular formula is C13H19ClFN. The summed E-state index contributed by atoms with van der Waals surface area (Å²) in [7, 11) is 0. The molecule has 1 aromatic carbocycles. The van der Waals surface area contributed by atoms with E-state index < -0.39 is 0 Å². The van der Waals surface area contributed by atoms with Crippen LogP contribution in [0.1, 0.15) is 39.0 Å². The quantitative estimate of drug-likeness (QED) is 0.675. The van der Waals surface area contributed by atoms with Crippen molar-refractivity contribution in [3.63, 3.8) is 0 Å².